The summed E-state index contributed by atoms with van der Waals surface area (Å²) in [5.41, 5.74) is 0.0874. The molecule has 3 aromatic rings. The second kappa shape index (κ2) is 15.7. The monoisotopic (exact) mass is 584 g/mol. The Labute approximate surface area is 245 Å². The normalized spacial score (nSPS) is 14.1. The average molecular weight is 585 g/mol. The summed E-state index contributed by atoms with van der Waals surface area (Å²) in [5.74, 6) is 0.0237. The number of rotatable bonds is 12. The largest absolute Gasteiger partial charge is 0.455 e. The fourth-order valence-electron chi connectivity index (χ4n) is 4.21. The first-order valence-electron chi connectivity index (χ1n) is 13.6. The van der Waals surface area contributed by atoms with Crippen LogP contribution in [0, 0.1) is 5.92 Å². The van der Waals surface area contributed by atoms with Gasteiger partial charge in [-0.2, -0.15) is 0 Å². The van der Waals surface area contributed by atoms with E-state index in [-0.39, 0.29) is 18.6 Å². The third-order valence-electron chi connectivity index (χ3n) is 6.64. The maximum absolute atomic E-state index is 13.1. The summed E-state index contributed by atoms with van der Waals surface area (Å²) in [6.45, 7) is 2.60. The fourth-order valence-corrected chi connectivity index (χ4v) is 5.93. The summed E-state index contributed by atoms with van der Waals surface area (Å²) in [7, 11) is 3.87. The molecule has 40 heavy (non-hydrogen) atoms. The zero-order chi connectivity index (χ0) is 29.0. The van der Waals surface area contributed by atoms with E-state index in [4.69, 9.17) is 9.84 Å². The van der Waals surface area contributed by atoms with Crippen LogP contribution >= 0.6 is 22.7 Å². The number of esters is 1. The SMILES string of the molecule is CCNC(=O)Cc1ccc(CO)cc1.CN(C)/C=C/C(CC1CCC1)OC(=O)C(O)(c1cccs1)c1cccs1. The van der Waals surface area contributed by atoms with Crippen molar-refractivity contribution in [3.05, 3.63) is 92.4 Å². The van der Waals surface area contributed by atoms with Gasteiger partial charge in [0.2, 0.25) is 11.5 Å². The van der Waals surface area contributed by atoms with E-state index in [1.165, 1.54) is 41.9 Å². The number of benzene rings is 1. The van der Waals surface area contributed by atoms with Gasteiger partial charge in [-0.25, -0.2) is 4.79 Å². The molecule has 0 bridgehead atoms. The molecular formula is C31H40N2O5S2. The average Bonchev–Trinajstić information content (AvgIpc) is 3.65. The molecule has 9 heteroatoms. The molecule has 1 atom stereocenters. The Bertz CT molecular complexity index is 1150. The van der Waals surface area contributed by atoms with E-state index >= 15 is 0 Å². The molecule has 2 heterocycles. The van der Waals surface area contributed by atoms with Crippen LogP contribution in [0.5, 0.6) is 0 Å². The Morgan fingerprint density at radius 2 is 1.68 bits per heavy atom. The highest BCUT2D eigenvalue weighted by Gasteiger charge is 2.44. The van der Waals surface area contributed by atoms with Crippen LogP contribution in [-0.4, -0.2) is 53.7 Å². The van der Waals surface area contributed by atoms with Crippen molar-refractivity contribution in [2.45, 2.75) is 57.3 Å². The Balaban J connectivity index is 0.000000267. The first kappa shape index (κ1) is 31.5. The molecular weight excluding hydrogens is 544 g/mol. The second-order valence-corrected chi connectivity index (χ2v) is 11.9. The van der Waals surface area contributed by atoms with Gasteiger partial charge in [-0.05, 0) is 65.6 Å². The molecule has 1 aromatic carbocycles. The van der Waals surface area contributed by atoms with E-state index in [9.17, 15) is 14.7 Å². The lowest BCUT2D eigenvalue weighted by atomic mass is 9.81. The lowest BCUT2D eigenvalue weighted by molar-refractivity contribution is -0.166. The van der Waals surface area contributed by atoms with Crippen LogP contribution < -0.4 is 5.32 Å². The highest BCUT2D eigenvalue weighted by Crippen LogP contribution is 2.38. The molecule has 1 fully saturated rings. The summed E-state index contributed by atoms with van der Waals surface area (Å²) in [5, 5.41) is 26.6. The lowest BCUT2D eigenvalue weighted by Crippen LogP contribution is -2.39. The standard InChI is InChI=1S/C20H25NO3S2.C11H15NO2/c1-21(2)11-10-16(14-15-6-3-7-15)24-19(22)20(23,17-8-4-12-25-17)18-9-5-13-26-18;1-2-12-11(14)7-9-3-5-10(8-13)6-4-9/h4-5,8-13,15-16,23H,3,6-7,14H2,1-2H3;3-6,13H,2,7-8H2,1H3,(H,12,14)/b11-10+;. The number of hydrogen-bond donors (Lipinski definition) is 3. The minimum Gasteiger partial charge on any atom is -0.455 e. The number of nitrogens with one attached hydrogen (secondary N) is 1. The number of ether oxygens (including phenoxy) is 1. The van der Waals surface area contributed by atoms with Gasteiger partial charge in [0, 0.05) is 20.6 Å². The van der Waals surface area contributed by atoms with Gasteiger partial charge in [0.25, 0.3) is 0 Å². The molecule has 1 aliphatic rings. The summed E-state index contributed by atoms with van der Waals surface area (Å²) in [4.78, 5) is 27.4. The molecule has 0 spiro atoms. The van der Waals surface area contributed by atoms with Gasteiger partial charge in [-0.1, -0.05) is 55.7 Å². The highest BCUT2D eigenvalue weighted by molar-refractivity contribution is 7.12. The van der Waals surface area contributed by atoms with Crippen LogP contribution in [0.1, 0.15) is 53.5 Å². The Morgan fingerprint density at radius 3 is 2.12 bits per heavy atom. The van der Waals surface area contributed by atoms with Crippen molar-refractivity contribution in [3.63, 3.8) is 0 Å². The van der Waals surface area contributed by atoms with E-state index in [1.807, 2.05) is 85.4 Å². The van der Waals surface area contributed by atoms with E-state index in [1.54, 1.807) is 12.1 Å². The third kappa shape index (κ3) is 9.02. The first-order valence-corrected chi connectivity index (χ1v) is 15.3. The fraction of sp³-hybridized carbons (Fsp3) is 0.419. The topological polar surface area (TPSA) is 99.1 Å². The molecule has 1 amide bonds. The molecule has 1 saturated carbocycles. The van der Waals surface area contributed by atoms with Crippen LogP contribution in [0.3, 0.4) is 0 Å². The number of amides is 1. The van der Waals surface area contributed by atoms with Crippen molar-refractivity contribution >= 4 is 34.6 Å². The van der Waals surface area contributed by atoms with Crippen molar-refractivity contribution in [1.82, 2.24) is 10.2 Å². The summed E-state index contributed by atoms with van der Waals surface area (Å²) >= 11 is 2.72. The first-order chi connectivity index (χ1) is 19.3. The highest BCUT2D eigenvalue weighted by atomic mass is 32.1. The van der Waals surface area contributed by atoms with Crippen LogP contribution in [0.4, 0.5) is 0 Å². The van der Waals surface area contributed by atoms with E-state index in [2.05, 4.69) is 5.32 Å². The smallest absolute Gasteiger partial charge is 0.350 e. The minimum absolute atomic E-state index is 0.0317. The number of nitrogens with zero attached hydrogens (tertiary/aromatic N) is 1. The minimum atomic E-state index is -1.74. The molecule has 4 rings (SSSR count). The maximum atomic E-state index is 13.1. The molecule has 1 aliphatic carbocycles. The van der Waals surface area contributed by atoms with E-state index in [0.29, 0.717) is 28.6 Å². The number of carbonyl (C=O) groups excluding carboxylic acids is 2. The van der Waals surface area contributed by atoms with Crippen molar-refractivity contribution in [2.75, 3.05) is 20.6 Å². The Hall–Kier alpha value is -2.98. The van der Waals surface area contributed by atoms with Gasteiger partial charge in [0.15, 0.2) is 0 Å². The summed E-state index contributed by atoms with van der Waals surface area (Å²) < 4.78 is 5.83. The van der Waals surface area contributed by atoms with Crippen LogP contribution in [0.2, 0.25) is 0 Å². The molecule has 216 valence electrons. The maximum Gasteiger partial charge on any atom is 0.350 e. The molecule has 1 unspecified atom stereocenters. The van der Waals surface area contributed by atoms with Crippen LogP contribution in [0.25, 0.3) is 0 Å². The summed E-state index contributed by atoms with van der Waals surface area (Å²) in [6.07, 6.45) is 8.32. The predicted molar refractivity (Wildman–Crippen MR) is 161 cm³/mol. The van der Waals surface area contributed by atoms with E-state index in [0.717, 1.165) is 17.5 Å². The lowest BCUT2D eigenvalue weighted by Gasteiger charge is -2.31. The van der Waals surface area contributed by atoms with Gasteiger partial charge in [0.05, 0.1) is 22.8 Å². The third-order valence-corrected chi connectivity index (χ3v) is 8.60. The number of likely N-dealkylation sites (N-methyl/N-ethyl adjacent to an activating group) is 1. The van der Waals surface area contributed by atoms with E-state index < -0.39 is 11.6 Å². The predicted octanol–water partition coefficient (Wildman–Crippen LogP) is 5.08. The molecule has 0 radical (unpaired) electrons. The van der Waals surface area contributed by atoms with Crippen molar-refractivity contribution in [2.24, 2.45) is 5.92 Å². The molecule has 3 N–H and O–H groups in total. The zero-order valence-electron chi connectivity index (χ0n) is 23.4. The van der Waals surface area contributed by atoms with Crippen molar-refractivity contribution in [1.29, 1.82) is 0 Å². The molecule has 7 nitrogen and oxygen atoms in total. The second-order valence-electron chi connectivity index (χ2n) is 10.1. The number of carbonyl (C=O) groups is 2. The van der Waals surface area contributed by atoms with Gasteiger partial charge >= 0.3 is 5.97 Å². The number of hydrogen-bond acceptors (Lipinski definition) is 8. The van der Waals surface area contributed by atoms with Gasteiger partial charge in [-0.15, -0.1) is 22.7 Å². The quantitative estimate of drug-likeness (QED) is 0.257. The number of thiophene rings is 2. The molecule has 2 aromatic heterocycles. The van der Waals surface area contributed by atoms with Gasteiger partial charge < -0.3 is 25.2 Å². The van der Waals surface area contributed by atoms with Crippen LogP contribution in [0.15, 0.2) is 71.6 Å². The zero-order valence-corrected chi connectivity index (χ0v) is 25.0. The number of aliphatic hydroxyl groups is 2. The Morgan fingerprint density at radius 1 is 1.07 bits per heavy atom. The van der Waals surface area contributed by atoms with Crippen molar-refractivity contribution in [3.8, 4) is 0 Å². The van der Waals surface area contributed by atoms with Crippen LogP contribution in [-0.2, 0) is 33.0 Å². The Kier molecular flexibility index (Phi) is 12.4. The van der Waals surface area contributed by atoms with Crippen molar-refractivity contribution < 1.29 is 24.5 Å². The van der Waals surface area contributed by atoms with Gasteiger partial charge in [-0.3, -0.25) is 4.79 Å². The molecule has 0 aliphatic heterocycles. The molecule has 0 saturated heterocycles. The number of aliphatic hydroxyl groups excluding tert-OH is 1. The van der Waals surface area contributed by atoms with Gasteiger partial charge in [0.1, 0.15) is 6.10 Å². The summed E-state index contributed by atoms with van der Waals surface area (Å²) in [6, 6.07) is 14.6.